The van der Waals surface area contributed by atoms with E-state index in [1.54, 1.807) is 0 Å². The van der Waals surface area contributed by atoms with Crippen LogP contribution in [0.25, 0.3) is 0 Å². The minimum atomic E-state index is -1.63. The molecule has 3 rings (SSSR count). The number of aryl methyl sites for hydroxylation is 3. The zero-order chi connectivity index (χ0) is 13.8. The van der Waals surface area contributed by atoms with Gasteiger partial charge in [0, 0.05) is 0 Å². The Hall–Kier alpha value is -0.170. The third-order valence-electron chi connectivity index (χ3n) is 5.19. The van der Waals surface area contributed by atoms with Gasteiger partial charge in [-0.15, -0.1) is 0 Å². The highest BCUT2D eigenvalue weighted by molar-refractivity contribution is 8.15. The summed E-state index contributed by atoms with van der Waals surface area (Å²) in [6.45, 7) is 6.37. The second kappa shape index (κ2) is 4.69. The summed E-state index contributed by atoms with van der Waals surface area (Å²) in [7, 11) is 0. The lowest BCUT2D eigenvalue weighted by Gasteiger charge is -2.30. The van der Waals surface area contributed by atoms with Crippen LogP contribution in [-0.4, -0.2) is 16.4 Å². The van der Waals surface area contributed by atoms with E-state index in [9.17, 15) is 5.11 Å². The molecule has 1 N–H and O–H groups in total. The molecule has 1 aromatic rings. The molecule has 2 saturated heterocycles. The second-order valence-corrected chi connectivity index (χ2v) is 11.8. The molecule has 0 aliphatic carbocycles. The molecule has 1 atom stereocenters. The maximum absolute atomic E-state index is 11.1. The molecule has 2 heterocycles. The van der Waals surface area contributed by atoms with Crippen molar-refractivity contribution in [2.24, 2.45) is 0 Å². The molecular weight excluding hydrogens is 271 g/mol. The Labute approximate surface area is 121 Å². The summed E-state index contributed by atoms with van der Waals surface area (Å²) in [6.07, 6.45) is 5.07. The lowest BCUT2D eigenvalue weighted by Crippen LogP contribution is -2.10. The van der Waals surface area contributed by atoms with Gasteiger partial charge in [0.05, 0.1) is 0 Å². The molecule has 3 heteroatoms. The normalized spacial score (nSPS) is 34.7. The van der Waals surface area contributed by atoms with Gasteiger partial charge in [-0.25, -0.2) is 0 Å². The molecule has 1 aromatic carbocycles. The van der Waals surface area contributed by atoms with Crippen LogP contribution in [0.2, 0.25) is 0 Å². The maximum Gasteiger partial charge on any atom is 0.108 e. The van der Waals surface area contributed by atoms with Crippen LogP contribution in [-0.2, 0) is 11.8 Å². The molecule has 1 unspecified atom stereocenters. The Morgan fingerprint density at radius 1 is 1.05 bits per heavy atom. The molecular formula is C16H23OPS. The van der Waals surface area contributed by atoms with E-state index in [1.807, 2.05) is 0 Å². The van der Waals surface area contributed by atoms with Crippen LogP contribution in [0, 0.1) is 20.8 Å². The first-order valence-corrected chi connectivity index (χ1v) is 10.3. The lowest BCUT2D eigenvalue weighted by molar-refractivity contribution is 0.260. The minimum absolute atomic E-state index is 0.358. The van der Waals surface area contributed by atoms with Crippen LogP contribution in [0.4, 0.5) is 0 Å². The van der Waals surface area contributed by atoms with E-state index < -0.39 is 6.04 Å². The fraction of sp³-hybridized carbons (Fsp3) is 0.625. The summed E-state index contributed by atoms with van der Waals surface area (Å²) in [5.74, 6) is -0.358. The van der Waals surface area contributed by atoms with Crippen molar-refractivity contribution in [1.29, 1.82) is 0 Å². The maximum atomic E-state index is 11.1. The first-order chi connectivity index (χ1) is 8.94. The van der Waals surface area contributed by atoms with Crippen molar-refractivity contribution in [1.82, 2.24) is 0 Å². The number of benzene rings is 1. The molecule has 0 aromatic heterocycles. The van der Waals surface area contributed by atoms with Gasteiger partial charge in [-0.3, -0.25) is 0 Å². The third-order valence-corrected chi connectivity index (χ3v) is 11.9. The van der Waals surface area contributed by atoms with Crippen molar-refractivity contribution in [2.45, 2.75) is 63.6 Å². The topological polar surface area (TPSA) is 20.2 Å². The SMILES string of the molecule is Cc1cc(C)c(C(O)P2(=S)C3CCC2CC3)c(C)c1. The highest BCUT2D eigenvalue weighted by Crippen LogP contribution is 2.77. The Morgan fingerprint density at radius 3 is 1.89 bits per heavy atom. The van der Waals surface area contributed by atoms with E-state index in [4.69, 9.17) is 11.8 Å². The van der Waals surface area contributed by atoms with Crippen molar-refractivity contribution in [3.63, 3.8) is 0 Å². The fourth-order valence-electron chi connectivity index (χ4n) is 4.36. The van der Waals surface area contributed by atoms with E-state index in [0.717, 1.165) is 5.56 Å². The molecule has 0 amide bonds. The van der Waals surface area contributed by atoms with E-state index >= 15 is 0 Å². The Kier molecular flexibility index (Phi) is 3.40. The van der Waals surface area contributed by atoms with Crippen molar-refractivity contribution in [3.05, 3.63) is 34.4 Å². The number of aliphatic hydroxyl groups excluding tert-OH is 1. The van der Waals surface area contributed by atoms with Gasteiger partial charge in [-0.2, -0.15) is 0 Å². The van der Waals surface area contributed by atoms with Crippen LogP contribution in [0.3, 0.4) is 0 Å². The van der Waals surface area contributed by atoms with Crippen LogP contribution < -0.4 is 0 Å². The summed E-state index contributed by atoms with van der Waals surface area (Å²) in [4.78, 5) is 0. The van der Waals surface area contributed by atoms with Gasteiger partial charge >= 0.3 is 0 Å². The zero-order valence-electron chi connectivity index (χ0n) is 12.0. The number of hydrogen-bond acceptors (Lipinski definition) is 2. The van der Waals surface area contributed by atoms with E-state index in [0.29, 0.717) is 11.3 Å². The number of hydrogen-bond donors (Lipinski definition) is 1. The predicted octanol–water partition coefficient (Wildman–Crippen LogP) is 4.41. The average Bonchev–Trinajstić information content (AvgIpc) is 2.82. The van der Waals surface area contributed by atoms with Gasteiger partial charge in [0.15, 0.2) is 0 Å². The molecule has 19 heavy (non-hydrogen) atoms. The fourth-order valence-corrected chi connectivity index (χ4v) is 10.4. The summed E-state index contributed by atoms with van der Waals surface area (Å²) < 4.78 is 0. The standard InChI is InChI=1S/C16H23OPS/c1-10-8-11(2)15(12(3)9-10)16(17)18(19)13-4-5-14(18)7-6-13/h8-9,13-14,16-17H,4-7H2,1-3H3. The third kappa shape index (κ3) is 1.95. The molecule has 0 spiro atoms. The highest BCUT2D eigenvalue weighted by Gasteiger charge is 2.51. The smallest absolute Gasteiger partial charge is 0.108 e. The molecule has 2 aliphatic rings. The molecule has 0 saturated carbocycles. The second-order valence-electron chi connectivity index (χ2n) is 6.41. The Morgan fingerprint density at radius 2 is 1.47 bits per heavy atom. The molecule has 2 aliphatic heterocycles. The highest BCUT2D eigenvalue weighted by atomic mass is 32.4. The Bertz CT molecular complexity index is 519. The van der Waals surface area contributed by atoms with Gasteiger partial charge < -0.3 is 5.11 Å². The van der Waals surface area contributed by atoms with Crippen molar-refractivity contribution in [2.75, 3.05) is 0 Å². The first-order valence-electron chi connectivity index (χ1n) is 7.29. The number of aliphatic hydroxyl groups is 1. The summed E-state index contributed by atoms with van der Waals surface area (Å²) >= 11 is 6.09. The van der Waals surface area contributed by atoms with Crippen LogP contribution in [0.1, 0.15) is 53.8 Å². The largest absolute Gasteiger partial charge is 0.383 e. The van der Waals surface area contributed by atoms with E-state index in [2.05, 4.69) is 32.9 Å². The van der Waals surface area contributed by atoms with Gasteiger partial charge in [0.25, 0.3) is 0 Å². The summed E-state index contributed by atoms with van der Waals surface area (Å²) in [5.41, 5.74) is 6.18. The van der Waals surface area contributed by atoms with Gasteiger partial charge in [-0.05, 0) is 80.5 Å². The van der Waals surface area contributed by atoms with Crippen molar-refractivity contribution in [3.8, 4) is 0 Å². The molecule has 2 fully saturated rings. The van der Waals surface area contributed by atoms with Crippen LogP contribution in [0.15, 0.2) is 12.1 Å². The summed E-state index contributed by atoms with van der Waals surface area (Å²) in [5, 5.41) is 11.1. The van der Waals surface area contributed by atoms with Gasteiger partial charge in [0.1, 0.15) is 5.85 Å². The molecule has 104 valence electrons. The van der Waals surface area contributed by atoms with E-state index in [1.165, 1.54) is 42.4 Å². The van der Waals surface area contributed by atoms with E-state index in [-0.39, 0.29) is 5.85 Å². The van der Waals surface area contributed by atoms with Gasteiger partial charge in [0.2, 0.25) is 0 Å². The minimum Gasteiger partial charge on any atom is -0.383 e. The predicted molar refractivity (Wildman–Crippen MR) is 85.9 cm³/mol. The van der Waals surface area contributed by atoms with Gasteiger partial charge in [-0.1, -0.05) is 29.5 Å². The van der Waals surface area contributed by atoms with Crippen molar-refractivity contribution >= 4 is 17.8 Å². The Balaban J connectivity index is 2.06. The molecule has 2 bridgehead atoms. The zero-order valence-corrected chi connectivity index (χ0v) is 13.7. The molecule has 0 radical (unpaired) electrons. The number of rotatable bonds is 2. The van der Waals surface area contributed by atoms with Crippen molar-refractivity contribution < 1.29 is 5.11 Å². The number of fused-ring (bicyclic) bond motifs is 2. The molecule has 1 nitrogen and oxygen atoms in total. The van der Waals surface area contributed by atoms with Crippen LogP contribution >= 0.6 is 6.04 Å². The summed E-state index contributed by atoms with van der Waals surface area (Å²) in [6, 6.07) is 2.74. The average molecular weight is 294 g/mol. The monoisotopic (exact) mass is 294 g/mol. The first kappa shape index (κ1) is 13.8. The lowest BCUT2D eigenvalue weighted by atomic mass is 10.0. The van der Waals surface area contributed by atoms with Crippen LogP contribution in [0.5, 0.6) is 0 Å². The quantitative estimate of drug-likeness (QED) is 0.815.